The van der Waals surface area contributed by atoms with E-state index in [1.807, 2.05) is 107 Å². The fourth-order valence-corrected chi connectivity index (χ4v) is 1.50. The summed E-state index contributed by atoms with van der Waals surface area (Å²) in [7, 11) is 0. The molecule has 0 heterocycles. The second-order valence-corrected chi connectivity index (χ2v) is 7.70. The summed E-state index contributed by atoms with van der Waals surface area (Å²) in [6.45, 7) is 23.9. The first-order chi connectivity index (χ1) is 19.0. The molecule has 0 saturated heterocycles. The molecule has 0 aliphatic carbocycles. The van der Waals surface area contributed by atoms with Gasteiger partial charge in [-0.2, -0.15) is 0 Å². The highest BCUT2D eigenvalue weighted by molar-refractivity contribution is 5.96. The molecule has 2 N–H and O–H groups in total. The average Bonchev–Trinajstić information content (AvgIpc) is 2.94. The first-order valence-corrected chi connectivity index (χ1v) is 14.5. The van der Waals surface area contributed by atoms with Gasteiger partial charge < -0.3 is 15.4 Å². The van der Waals surface area contributed by atoms with Gasteiger partial charge in [-0.25, -0.2) is 0 Å². The molecule has 0 atom stereocenters. The van der Waals surface area contributed by atoms with Crippen LogP contribution in [-0.4, -0.2) is 36.5 Å². The Kier molecular flexibility index (Phi) is 112. The summed E-state index contributed by atoms with van der Waals surface area (Å²) in [5.74, 6) is 0.00782. The third kappa shape index (κ3) is 128. The van der Waals surface area contributed by atoms with Crippen LogP contribution < -0.4 is 10.6 Å². The van der Waals surface area contributed by atoms with E-state index < -0.39 is 0 Å². The van der Waals surface area contributed by atoms with Gasteiger partial charge in [-0.3, -0.25) is 14.4 Å². The Balaban J connectivity index is -0.0000000382. The van der Waals surface area contributed by atoms with Crippen LogP contribution in [0.1, 0.15) is 138 Å². The number of amides is 2. The van der Waals surface area contributed by atoms with E-state index in [1.54, 1.807) is 6.92 Å². The first kappa shape index (κ1) is 68.1. The molecule has 264 valence electrons. The van der Waals surface area contributed by atoms with Crippen LogP contribution >= 0.6 is 0 Å². The van der Waals surface area contributed by atoms with Crippen LogP contribution in [0.4, 0.5) is 0 Å². The Morgan fingerprint density at radius 3 is 0.750 bits per heavy atom. The largest absolute Gasteiger partial charge is 0.357 e. The van der Waals surface area contributed by atoms with Crippen LogP contribution in [0.2, 0.25) is 0 Å². The van der Waals surface area contributed by atoms with Crippen molar-refractivity contribution in [2.75, 3.05) is 13.1 Å². The molecule has 2 aromatic carbocycles. The number of hydrogen-bond acceptors (Lipinski definition) is 4. The van der Waals surface area contributed by atoms with Gasteiger partial charge in [0, 0.05) is 26.4 Å². The van der Waals surface area contributed by atoms with Crippen molar-refractivity contribution in [3.05, 3.63) is 72.8 Å². The monoisotopic (exact) mass is 627 g/mol. The summed E-state index contributed by atoms with van der Waals surface area (Å²) < 4.78 is 0. The molecule has 0 saturated carbocycles. The predicted octanol–water partition coefficient (Wildman–Crippen LogP) is 11.0. The van der Waals surface area contributed by atoms with Crippen molar-refractivity contribution >= 4 is 23.4 Å². The quantitative estimate of drug-likeness (QED) is 0.323. The smallest absolute Gasteiger partial charge is 0.227 e. The zero-order valence-corrected chi connectivity index (χ0v) is 27.8. The lowest BCUT2D eigenvalue weighted by Gasteiger charge is -1.96. The predicted molar refractivity (Wildman–Crippen MR) is 202 cm³/mol. The summed E-state index contributed by atoms with van der Waals surface area (Å²) in [5, 5.41) is 5.09. The van der Waals surface area contributed by atoms with Gasteiger partial charge in [0.1, 0.15) is 11.6 Å². The van der Waals surface area contributed by atoms with Gasteiger partial charge in [-0.05, 0) is 27.7 Å². The summed E-state index contributed by atoms with van der Waals surface area (Å²) in [6.07, 6.45) is 3.17. The topological polar surface area (TPSA) is 92.3 Å². The number of rotatable bonds is 5. The minimum Gasteiger partial charge on any atom is -0.357 e. The molecule has 0 fully saturated rings. The Morgan fingerprint density at radius 2 is 0.659 bits per heavy atom. The summed E-state index contributed by atoms with van der Waals surface area (Å²) in [4.78, 5) is 40.5. The van der Waals surface area contributed by atoms with Crippen LogP contribution in [-0.2, 0) is 19.2 Å². The molecule has 2 rings (SSSR count). The minimum atomic E-state index is -0.190. The number of carbonyl (C=O) groups is 4. The number of ketones is 2. The summed E-state index contributed by atoms with van der Waals surface area (Å²) in [5.41, 5.74) is 0. The van der Waals surface area contributed by atoms with Crippen molar-refractivity contribution in [2.45, 2.75) is 138 Å². The van der Waals surface area contributed by atoms with E-state index in [-0.39, 0.29) is 59.5 Å². The van der Waals surface area contributed by atoms with E-state index in [4.69, 9.17) is 0 Å². The van der Waals surface area contributed by atoms with E-state index in [0.29, 0.717) is 13.0 Å². The number of benzene rings is 2. The Hall–Kier alpha value is -3.28. The zero-order valence-electron chi connectivity index (χ0n) is 27.8. The Bertz CT molecular complexity index is 635. The number of carbonyl (C=O) groups excluding carboxylic acids is 4. The van der Waals surface area contributed by atoms with Crippen LogP contribution in [0.15, 0.2) is 72.8 Å². The van der Waals surface area contributed by atoms with E-state index in [1.165, 1.54) is 26.7 Å². The van der Waals surface area contributed by atoms with Gasteiger partial charge in [0.2, 0.25) is 11.8 Å². The second kappa shape index (κ2) is 72.2. The molecular weight excluding hydrogens is 548 g/mol. The fourth-order valence-electron chi connectivity index (χ4n) is 1.50. The molecule has 2 aromatic rings. The zero-order chi connectivity index (χ0) is 32.5. The van der Waals surface area contributed by atoms with Gasteiger partial charge in [0.25, 0.3) is 0 Å². The van der Waals surface area contributed by atoms with Crippen molar-refractivity contribution in [3.63, 3.8) is 0 Å². The molecule has 0 bridgehead atoms. The standard InChI is InChI=1S/C6H11NO2.2C6H6.C4H9NO.C4H8O.2C3H8.C2H6.4CH4/c1-3-7-6(9)4-5(2)8;2*1-2-4-6-5-3-1;1-3-5-4(2)6;1-3-4(2)5;2*1-3-2;1-2;;;;/h3-4H2,1-2H3,(H,7,9);2*1-6H;3H2,1-2H3,(H,5,6);3H2,1-2H3;2*3H2,1-2H3;1-2H3;4*1H4. The van der Waals surface area contributed by atoms with Gasteiger partial charge in [0.05, 0.1) is 6.42 Å². The molecule has 6 heteroatoms. The minimum absolute atomic E-state index is 0. The van der Waals surface area contributed by atoms with E-state index in [2.05, 4.69) is 38.3 Å². The average molecular weight is 627 g/mol. The van der Waals surface area contributed by atoms with E-state index in [0.717, 1.165) is 6.54 Å². The van der Waals surface area contributed by atoms with E-state index in [9.17, 15) is 19.2 Å². The summed E-state index contributed by atoms with van der Waals surface area (Å²) in [6, 6.07) is 24.0. The Labute approximate surface area is 277 Å². The third-order valence-corrected chi connectivity index (χ3v) is 3.04. The summed E-state index contributed by atoms with van der Waals surface area (Å²) >= 11 is 0. The number of hydrogen-bond donors (Lipinski definition) is 2. The van der Waals surface area contributed by atoms with Crippen molar-refractivity contribution in [2.24, 2.45) is 0 Å². The maximum absolute atomic E-state index is 10.5. The van der Waals surface area contributed by atoms with E-state index >= 15 is 0 Å². The highest BCUT2D eigenvalue weighted by atomic mass is 16.2. The SMILES string of the molecule is C.C.C.C.CC.CCC.CCC.CCC(C)=O.CCNC(=O)CC(C)=O.CCNC(C)=O.c1ccccc1.c1ccccc1. The molecule has 0 aliphatic rings. The lowest BCUT2D eigenvalue weighted by atomic mass is 10.3. The Morgan fingerprint density at radius 1 is 0.455 bits per heavy atom. The third-order valence-electron chi connectivity index (χ3n) is 3.04. The second-order valence-electron chi connectivity index (χ2n) is 7.70. The fraction of sp³-hybridized carbons (Fsp3) is 0.579. The van der Waals surface area contributed by atoms with Crippen LogP contribution in [0.3, 0.4) is 0 Å². The molecule has 6 nitrogen and oxygen atoms in total. The lowest BCUT2D eigenvalue weighted by Crippen LogP contribution is -2.24. The maximum atomic E-state index is 10.5. The van der Waals surface area contributed by atoms with Gasteiger partial charge >= 0.3 is 0 Å². The van der Waals surface area contributed by atoms with Crippen molar-refractivity contribution < 1.29 is 19.2 Å². The highest BCUT2D eigenvalue weighted by Gasteiger charge is 2.00. The molecule has 44 heavy (non-hydrogen) atoms. The number of Topliss-reactive ketones (excluding diaryl/α,β-unsaturated/α-hetero) is 2. The molecule has 0 radical (unpaired) electrons. The van der Waals surface area contributed by atoms with Gasteiger partial charge in [0.15, 0.2) is 0 Å². The highest BCUT2D eigenvalue weighted by Crippen LogP contribution is 1.81. The van der Waals surface area contributed by atoms with Crippen molar-refractivity contribution in [3.8, 4) is 0 Å². The molecule has 0 spiro atoms. The van der Waals surface area contributed by atoms with Crippen LogP contribution in [0.5, 0.6) is 0 Å². The van der Waals surface area contributed by atoms with Crippen LogP contribution in [0.25, 0.3) is 0 Å². The first-order valence-electron chi connectivity index (χ1n) is 14.5. The van der Waals surface area contributed by atoms with Crippen LogP contribution in [0, 0.1) is 0 Å². The molecular formula is C38H78N2O4. The molecule has 0 aliphatic heterocycles. The van der Waals surface area contributed by atoms with Crippen molar-refractivity contribution in [1.29, 1.82) is 0 Å². The number of nitrogens with one attached hydrogen (secondary N) is 2. The lowest BCUT2D eigenvalue weighted by molar-refractivity contribution is -0.127. The molecule has 0 unspecified atom stereocenters. The molecule has 0 aromatic heterocycles. The van der Waals surface area contributed by atoms with Gasteiger partial charge in [-0.15, -0.1) is 0 Å². The molecule has 2 amide bonds. The maximum Gasteiger partial charge on any atom is 0.227 e. The normalized spacial score (nSPS) is 6.82. The van der Waals surface area contributed by atoms with Crippen molar-refractivity contribution in [1.82, 2.24) is 10.6 Å². The van der Waals surface area contributed by atoms with Gasteiger partial charge in [-0.1, -0.05) is 164 Å².